The molecule has 0 aliphatic carbocycles. The van der Waals surface area contributed by atoms with Crippen LogP contribution in [-0.4, -0.2) is 41.6 Å². The van der Waals surface area contributed by atoms with Crippen molar-refractivity contribution in [1.82, 2.24) is 15.0 Å². The minimum absolute atomic E-state index is 0.0195. The molecule has 0 aliphatic heterocycles. The number of alkyl halides is 2. The summed E-state index contributed by atoms with van der Waals surface area (Å²) in [7, 11) is 3.50. The molecule has 0 saturated heterocycles. The number of hydrogen-bond donors (Lipinski definition) is 2. The highest BCUT2D eigenvalue weighted by molar-refractivity contribution is 5.96. The van der Waals surface area contributed by atoms with Crippen LogP contribution in [0.2, 0.25) is 0 Å². The van der Waals surface area contributed by atoms with E-state index >= 15 is 0 Å². The smallest absolute Gasteiger partial charge is 0.387 e. The van der Waals surface area contributed by atoms with Crippen LogP contribution < -0.4 is 20.7 Å². The molecule has 3 rings (SSSR count). The number of esters is 1. The number of nitrogens with two attached hydrogens (primary N) is 1. The van der Waals surface area contributed by atoms with E-state index in [4.69, 9.17) is 10.5 Å². The molecular formula is C20H20F2N6O3. The number of para-hydroxylation sites is 1. The van der Waals surface area contributed by atoms with E-state index < -0.39 is 12.6 Å². The van der Waals surface area contributed by atoms with Crippen molar-refractivity contribution in [2.45, 2.75) is 13.2 Å². The lowest BCUT2D eigenvalue weighted by Crippen LogP contribution is -2.17. The third-order valence-electron chi connectivity index (χ3n) is 3.93. The Hall–Kier alpha value is -4.02. The fraction of sp³-hybridized carbons (Fsp3) is 0.200. The fourth-order valence-electron chi connectivity index (χ4n) is 2.54. The fourth-order valence-corrected chi connectivity index (χ4v) is 2.54. The number of halogens is 2. The highest BCUT2D eigenvalue weighted by Crippen LogP contribution is 2.24. The summed E-state index contributed by atoms with van der Waals surface area (Å²) in [6, 6.07) is 12.6. The van der Waals surface area contributed by atoms with Crippen molar-refractivity contribution in [3.63, 3.8) is 0 Å². The molecule has 0 amide bonds. The molecule has 3 aromatic rings. The van der Waals surface area contributed by atoms with Crippen molar-refractivity contribution in [3.05, 3.63) is 59.9 Å². The molecule has 1 heterocycles. The Morgan fingerprint density at radius 3 is 2.48 bits per heavy atom. The number of hydrogen-bond acceptors (Lipinski definition) is 9. The largest absolute Gasteiger partial charge is 0.454 e. The van der Waals surface area contributed by atoms with Gasteiger partial charge in [-0.2, -0.15) is 23.7 Å². The van der Waals surface area contributed by atoms with E-state index in [9.17, 15) is 13.6 Å². The SMILES string of the molecule is CN(C)c1nc(N)nc(COC(=O)c2ccccc2Nc2ccc(OC(F)F)cc2)n1. The van der Waals surface area contributed by atoms with Crippen molar-refractivity contribution in [3.8, 4) is 5.75 Å². The molecule has 0 saturated carbocycles. The van der Waals surface area contributed by atoms with E-state index in [0.29, 0.717) is 17.3 Å². The lowest BCUT2D eigenvalue weighted by atomic mass is 10.1. The van der Waals surface area contributed by atoms with Crippen molar-refractivity contribution in [2.75, 3.05) is 30.0 Å². The van der Waals surface area contributed by atoms with Crippen LogP contribution in [0.1, 0.15) is 16.2 Å². The topological polar surface area (TPSA) is 115 Å². The molecule has 3 N–H and O–H groups in total. The predicted molar refractivity (Wildman–Crippen MR) is 110 cm³/mol. The Morgan fingerprint density at radius 2 is 1.81 bits per heavy atom. The average Bonchev–Trinajstić information content (AvgIpc) is 2.73. The van der Waals surface area contributed by atoms with Crippen LogP contribution in [0.25, 0.3) is 0 Å². The van der Waals surface area contributed by atoms with Gasteiger partial charge in [0.2, 0.25) is 11.9 Å². The summed E-state index contributed by atoms with van der Waals surface area (Å²) < 4.78 is 34.2. The molecule has 0 radical (unpaired) electrons. The van der Waals surface area contributed by atoms with Gasteiger partial charge in [-0.25, -0.2) is 4.79 Å². The molecule has 0 spiro atoms. The monoisotopic (exact) mass is 430 g/mol. The van der Waals surface area contributed by atoms with Crippen LogP contribution in [0.5, 0.6) is 5.75 Å². The van der Waals surface area contributed by atoms with Crippen molar-refractivity contribution < 1.29 is 23.0 Å². The minimum Gasteiger partial charge on any atom is -0.454 e. The van der Waals surface area contributed by atoms with Crippen molar-refractivity contribution in [1.29, 1.82) is 0 Å². The van der Waals surface area contributed by atoms with Gasteiger partial charge < -0.3 is 25.4 Å². The van der Waals surface area contributed by atoms with Gasteiger partial charge in [-0.05, 0) is 36.4 Å². The van der Waals surface area contributed by atoms with E-state index in [1.165, 1.54) is 12.1 Å². The van der Waals surface area contributed by atoms with Crippen molar-refractivity contribution in [2.24, 2.45) is 0 Å². The number of nitrogens with one attached hydrogen (secondary N) is 1. The molecule has 1 aromatic heterocycles. The quantitative estimate of drug-likeness (QED) is 0.520. The number of nitrogen functional groups attached to an aromatic ring is 1. The summed E-state index contributed by atoms with van der Waals surface area (Å²) >= 11 is 0. The summed E-state index contributed by atoms with van der Waals surface area (Å²) in [6.45, 7) is -3.09. The number of ether oxygens (including phenoxy) is 2. The number of anilines is 4. The van der Waals surface area contributed by atoms with Crippen LogP contribution in [0.4, 0.5) is 32.1 Å². The van der Waals surface area contributed by atoms with Gasteiger partial charge >= 0.3 is 12.6 Å². The van der Waals surface area contributed by atoms with E-state index in [-0.39, 0.29) is 29.7 Å². The third-order valence-corrected chi connectivity index (χ3v) is 3.93. The average molecular weight is 430 g/mol. The maximum atomic E-state index is 12.6. The zero-order chi connectivity index (χ0) is 22.4. The molecule has 162 valence electrons. The highest BCUT2D eigenvalue weighted by Gasteiger charge is 2.15. The number of nitrogens with zero attached hydrogens (tertiary/aromatic N) is 4. The summed E-state index contributed by atoms with van der Waals surface area (Å²) in [5, 5.41) is 3.05. The summed E-state index contributed by atoms with van der Waals surface area (Å²) in [5.74, 6) is 0.00341. The van der Waals surface area contributed by atoms with Gasteiger partial charge in [-0.15, -0.1) is 0 Å². The van der Waals surface area contributed by atoms with Gasteiger partial charge in [0, 0.05) is 19.8 Å². The lowest BCUT2D eigenvalue weighted by Gasteiger charge is -2.13. The van der Waals surface area contributed by atoms with E-state index in [1.807, 2.05) is 0 Å². The van der Waals surface area contributed by atoms with Gasteiger partial charge in [0.05, 0.1) is 11.3 Å². The van der Waals surface area contributed by atoms with Crippen molar-refractivity contribution >= 4 is 29.2 Å². The summed E-state index contributed by atoms with van der Waals surface area (Å²) in [6.07, 6.45) is 0. The Labute approximate surface area is 176 Å². The third kappa shape index (κ3) is 5.98. The summed E-state index contributed by atoms with van der Waals surface area (Å²) in [5.41, 5.74) is 6.98. The lowest BCUT2D eigenvalue weighted by molar-refractivity contribution is -0.0498. The van der Waals surface area contributed by atoms with Gasteiger partial charge in [-0.1, -0.05) is 12.1 Å². The molecule has 0 aliphatic rings. The molecular weight excluding hydrogens is 410 g/mol. The molecule has 0 bridgehead atoms. The van der Waals surface area contributed by atoms with Crippen LogP contribution >= 0.6 is 0 Å². The van der Waals surface area contributed by atoms with Gasteiger partial charge in [0.25, 0.3) is 0 Å². The first kappa shape index (κ1) is 21.7. The number of rotatable bonds is 8. The number of benzene rings is 2. The molecule has 0 unspecified atom stereocenters. The zero-order valence-electron chi connectivity index (χ0n) is 16.8. The maximum absolute atomic E-state index is 12.6. The Balaban J connectivity index is 1.70. The number of carbonyl (C=O) groups is 1. The molecule has 0 atom stereocenters. The highest BCUT2D eigenvalue weighted by atomic mass is 19.3. The summed E-state index contributed by atoms with van der Waals surface area (Å²) in [4.78, 5) is 26.4. The number of carbonyl (C=O) groups excluding carboxylic acids is 1. The predicted octanol–water partition coefficient (Wildman–Crippen LogP) is 3.22. The molecule has 31 heavy (non-hydrogen) atoms. The normalized spacial score (nSPS) is 10.6. The second-order valence-electron chi connectivity index (χ2n) is 6.45. The van der Waals surface area contributed by atoms with Crippen LogP contribution in [-0.2, 0) is 11.3 Å². The molecule has 2 aromatic carbocycles. The van der Waals surface area contributed by atoms with E-state index in [2.05, 4.69) is 25.0 Å². The molecule has 11 heteroatoms. The van der Waals surface area contributed by atoms with Gasteiger partial charge in [-0.3, -0.25) is 0 Å². The minimum atomic E-state index is -2.90. The maximum Gasteiger partial charge on any atom is 0.387 e. The van der Waals surface area contributed by atoms with Gasteiger partial charge in [0.15, 0.2) is 12.4 Å². The Kier molecular flexibility index (Phi) is 6.75. The second-order valence-corrected chi connectivity index (χ2v) is 6.45. The number of aromatic nitrogens is 3. The van der Waals surface area contributed by atoms with Crippen LogP contribution in [0.3, 0.4) is 0 Å². The molecule has 9 nitrogen and oxygen atoms in total. The molecule has 0 fully saturated rings. The second kappa shape index (κ2) is 9.65. The zero-order valence-corrected chi connectivity index (χ0v) is 16.8. The first-order chi connectivity index (χ1) is 14.8. The van der Waals surface area contributed by atoms with E-state index in [0.717, 1.165) is 0 Å². The Morgan fingerprint density at radius 1 is 1.10 bits per heavy atom. The van der Waals surface area contributed by atoms with E-state index in [1.54, 1.807) is 55.4 Å². The van der Waals surface area contributed by atoms with Gasteiger partial charge in [0.1, 0.15) is 5.75 Å². The standard InChI is InChI=1S/C20H20F2N6O3/c1-28(2)20-26-16(25-19(23)27-20)11-30-17(29)14-5-3-4-6-15(14)24-12-7-9-13(10-8-12)31-18(21)22/h3-10,18,24H,11H2,1-2H3,(H2,23,25,26,27). The van der Waals surface area contributed by atoms with Crippen LogP contribution in [0, 0.1) is 0 Å². The first-order valence-corrected chi connectivity index (χ1v) is 9.07. The first-order valence-electron chi connectivity index (χ1n) is 9.07. The Bertz CT molecular complexity index is 1050. The van der Waals surface area contributed by atoms with Crippen LogP contribution in [0.15, 0.2) is 48.5 Å².